The number of nitrogen functional groups attached to an aromatic ring is 1. The molecule has 0 bridgehead atoms. The minimum Gasteiger partial charge on any atom is -0.383 e. The average molecular weight is 420 g/mol. The number of nitrogens with two attached hydrogens (primary N) is 1. The first-order valence-corrected chi connectivity index (χ1v) is 10.2. The lowest BCUT2D eigenvalue weighted by Crippen LogP contribution is -2.43. The smallest absolute Gasteiger partial charge is 0.254 e. The Bertz CT molecular complexity index is 1070. The van der Waals surface area contributed by atoms with E-state index < -0.39 is 11.7 Å². The zero-order valence-electron chi connectivity index (χ0n) is 17.3. The molecule has 2 heterocycles. The summed E-state index contributed by atoms with van der Waals surface area (Å²) in [5.41, 5.74) is 9.14. The summed E-state index contributed by atoms with van der Waals surface area (Å²) in [5, 5.41) is 2.75. The summed E-state index contributed by atoms with van der Waals surface area (Å²) >= 11 is 0. The van der Waals surface area contributed by atoms with Crippen molar-refractivity contribution in [1.29, 1.82) is 0 Å². The van der Waals surface area contributed by atoms with Crippen LogP contribution in [-0.4, -0.2) is 36.7 Å². The molecule has 1 aliphatic rings. The van der Waals surface area contributed by atoms with Crippen molar-refractivity contribution in [2.45, 2.75) is 19.5 Å². The van der Waals surface area contributed by atoms with Gasteiger partial charge < -0.3 is 20.7 Å². The van der Waals surface area contributed by atoms with Crippen LogP contribution in [0.5, 0.6) is 0 Å². The molecular weight excluding hydrogens is 395 g/mol. The second-order valence-corrected chi connectivity index (χ2v) is 7.61. The molecule has 1 atom stereocenters. The molecule has 1 amide bonds. The minimum absolute atomic E-state index is 0.0100. The van der Waals surface area contributed by atoms with Crippen LogP contribution in [0, 0.1) is 5.82 Å². The normalized spacial score (nSPS) is 16.2. The second kappa shape index (κ2) is 9.14. The monoisotopic (exact) mass is 420 g/mol. The van der Waals surface area contributed by atoms with Crippen LogP contribution >= 0.6 is 0 Å². The Morgan fingerprint density at radius 1 is 1.26 bits per heavy atom. The topological polar surface area (TPSA) is 80.5 Å². The molecule has 1 fully saturated rings. The molecule has 1 aromatic heterocycles. The summed E-state index contributed by atoms with van der Waals surface area (Å²) in [4.78, 5) is 18.9. The largest absolute Gasteiger partial charge is 0.383 e. The van der Waals surface area contributed by atoms with Crippen molar-refractivity contribution < 1.29 is 13.9 Å². The Hall–Kier alpha value is -3.45. The molecule has 4 rings (SSSR count). The highest BCUT2D eigenvalue weighted by molar-refractivity contribution is 5.95. The minimum atomic E-state index is -0.604. The number of halogens is 1. The molecule has 6 nitrogen and oxygen atoms in total. The molecule has 0 aliphatic carbocycles. The van der Waals surface area contributed by atoms with Crippen molar-refractivity contribution in [3.8, 4) is 11.1 Å². The first kappa shape index (κ1) is 20.8. The molecule has 160 valence electrons. The predicted molar refractivity (Wildman–Crippen MR) is 119 cm³/mol. The molecule has 3 aromatic rings. The number of hydrogen-bond acceptors (Lipinski definition) is 5. The Labute approximate surface area is 180 Å². The van der Waals surface area contributed by atoms with Gasteiger partial charge in [-0.3, -0.25) is 4.79 Å². The van der Waals surface area contributed by atoms with E-state index in [1.807, 2.05) is 36.4 Å². The van der Waals surface area contributed by atoms with Crippen LogP contribution in [-0.2, 0) is 11.3 Å². The summed E-state index contributed by atoms with van der Waals surface area (Å²) in [6, 6.07) is 16.1. The van der Waals surface area contributed by atoms with Gasteiger partial charge in [0.15, 0.2) is 0 Å². The zero-order valence-corrected chi connectivity index (χ0v) is 17.3. The average Bonchev–Trinajstić information content (AvgIpc) is 2.79. The number of pyridine rings is 1. The quantitative estimate of drug-likeness (QED) is 0.659. The maximum absolute atomic E-state index is 14.8. The standard InChI is InChI=1S/C24H25FN4O2/c1-16-15-31-10-9-29(16)19-12-21(23(26)27-14-19)18-7-8-20(22(25)11-18)24(30)28-13-17-5-3-2-4-6-17/h2-8,11-12,14,16H,9-10,13,15H2,1H3,(H2,26,27)(H,28,30)/t16-/m1/s1. The van der Waals surface area contributed by atoms with Gasteiger partial charge in [0.25, 0.3) is 5.91 Å². The second-order valence-electron chi connectivity index (χ2n) is 7.61. The molecule has 0 spiro atoms. The molecule has 1 aliphatic heterocycles. The third kappa shape index (κ3) is 4.67. The van der Waals surface area contributed by atoms with Crippen molar-refractivity contribution in [2.75, 3.05) is 30.4 Å². The number of carbonyl (C=O) groups is 1. The summed E-state index contributed by atoms with van der Waals surface area (Å²) in [7, 11) is 0. The first-order valence-electron chi connectivity index (χ1n) is 10.2. The predicted octanol–water partition coefficient (Wildman–Crippen LogP) is 3.63. The number of hydrogen-bond donors (Lipinski definition) is 2. The molecule has 31 heavy (non-hydrogen) atoms. The SMILES string of the molecule is C[C@@H]1COCCN1c1cnc(N)c(-c2ccc(C(=O)NCc3ccccc3)c(F)c2)c1. The Kier molecular flexibility index (Phi) is 6.13. The zero-order chi connectivity index (χ0) is 21.8. The van der Waals surface area contributed by atoms with Gasteiger partial charge in [-0.25, -0.2) is 9.37 Å². The van der Waals surface area contributed by atoms with E-state index in [0.29, 0.717) is 36.7 Å². The van der Waals surface area contributed by atoms with E-state index in [-0.39, 0.29) is 11.6 Å². The van der Waals surface area contributed by atoms with Gasteiger partial charge in [0.05, 0.1) is 30.7 Å². The summed E-state index contributed by atoms with van der Waals surface area (Å²) in [5.74, 6) is -0.757. The Morgan fingerprint density at radius 3 is 2.81 bits per heavy atom. The third-order valence-corrected chi connectivity index (χ3v) is 5.42. The summed E-state index contributed by atoms with van der Waals surface area (Å²) in [6.45, 7) is 4.45. The number of benzene rings is 2. The highest BCUT2D eigenvalue weighted by Gasteiger charge is 2.21. The van der Waals surface area contributed by atoms with Crippen molar-refractivity contribution in [3.05, 3.63) is 77.7 Å². The fraction of sp³-hybridized carbons (Fsp3) is 0.250. The highest BCUT2D eigenvalue weighted by atomic mass is 19.1. The Morgan fingerprint density at radius 2 is 2.06 bits per heavy atom. The lowest BCUT2D eigenvalue weighted by molar-refractivity contribution is 0.0947. The molecule has 7 heteroatoms. The molecule has 0 unspecified atom stereocenters. The third-order valence-electron chi connectivity index (χ3n) is 5.42. The number of rotatable bonds is 5. The van der Waals surface area contributed by atoms with E-state index in [1.165, 1.54) is 12.1 Å². The molecule has 2 aromatic carbocycles. The van der Waals surface area contributed by atoms with Crippen molar-refractivity contribution in [1.82, 2.24) is 10.3 Å². The highest BCUT2D eigenvalue weighted by Crippen LogP contribution is 2.31. The van der Waals surface area contributed by atoms with Gasteiger partial charge in [0.1, 0.15) is 11.6 Å². The fourth-order valence-electron chi connectivity index (χ4n) is 3.70. The van der Waals surface area contributed by atoms with E-state index in [4.69, 9.17) is 10.5 Å². The van der Waals surface area contributed by atoms with Crippen molar-refractivity contribution in [2.24, 2.45) is 0 Å². The van der Waals surface area contributed by atoms with Crippen LogP contribution in [0.4, 0.5) is 15.9 Å². The summed E-state index contributed by atoms with van der Waals surface area (Å²) < 4.78 is 20.3. The molecule has 3 N–H and O–H groups in total. The number of aromatic nitrogens is 1. The van der Waals surface area contributed by atoms with Crippen LogP contribution < -0.4 is 16.0 Å². The number of amides is 1. The number of carbonyl (C=O) groups excluding carboxylic acids is 1. The van der Waals surface area contributed by atoms with E-state index >= 15 is 0 Å². The van der Waals surface area contributed by atoms with E-state index in [2.05, 4.69) is 22.1 Å². The summed E-state index contributed by atoms with van der Waals surface area (Å²) in [6.07, 6.45) is 1.72. The lowest BCUT2D eigenvalue weighted by Gasteiger charge is -2.35. The maximum Gasteiger partial charge on any atom is 0.254 e. The fourth-order valence-corrected chi connectivity index (χ4v) is 3.70. The number of nitrogens with one attached hydrogen (secondary N) is 1. The van der Waals surface area contributed by atoms with Crippen LogP contribution in [0.2, 0.25) is 0 Å². The van der Waals surface area contributed by atoms with Gasteiger partial charge in [-0.05, 0) is 36.2 Å². The molecular formula is C24H25FN4O2. The van der Waals surface area contributed by atoms with Crippen LogP contribution in [0.3, 0.4) is 0 Å². The number of morpholine rings is 1. The van der Waals surface area contributed by atoms with E-state index in [0.717, 1.165) is 17.8 Å². The Balaban J connectivity index is 1.54. The number of ether oxygens (including phenoxy) is 1. The van der Waals surface area contributed by atoms with Gasteiger partial charge >= 0.3 is 0 Å². The van der Waals surface area contributed by atoms with Crippen LogP contribution in [0.1, 0.15) is 22.8 Å². The lowest BCUT2D eigenvalue weighted by atomic mass is 10.0. The molecule has 0 radical (unpaired) electrons. The molecule has 0 saturated carbocycles. The van der Waals surface area contributed by atoms with E-state index in [1.54, 1.807) is 12.3 Å². The number of nitrogens with zero attached hydrogens (tertiary/aromatic N) is 2. The van der Waals surface area contributed by atoms with Crippen molar-refractivity contribution in [3.63, 3.8) is 0 Å². The van der Waals surface area contributed by atoms with Crippen LogP contribution in [0.15, 0.2) is 60.8 Å². The van der Waals surface area contributed by atoms with Crippen LogP contribution in [0.25, 0.3) is 11.1 Å². The van der Waals surface area contributed by atoms with Gasteiger partial charge in [0, 0.05) is 24.7 Å². The maximum atomic E-state index is 14.8. The number of anilines is 2. The van der Waals surface area contributed by atoms with Gasteiger partial charge in [0.2, 0.25) is 0 Å². The van der Waals surface area contributed by atoms with Gasteiger partial charge in [-0.2, -0.15) is 0 Å². The molecule has 1 saturated heterocycles. The van der Waals surface area contributed by atoms with Crippen molar-refractivity contribution >= 4 is 17.4 Å². The van der Waals surface area contributed by atoms with E-state index in [9.17, 15) is 9.18 Å². The van der Waals surface area contributed by atoms with Gasteiger partial charge in [-0.1, -0.05) is 36.4 Å². The van der Waals surface area contributed by atoms with Gasteiger partial charge in [-0.15, -0.1) is 0 Å². The first-order chi connectivity index (χ1) is 15.0.